The highest BCUT2D eigenvalue weighted by Gasteiger charge is 2.31. The Morgan fingerprint density at radius 2 is 2.12 bits per heavy atom. The van der Waals surface area contributed by atoms with E-state index in [1.807, 2.05) is 0 Å². The number of nitrogens with zero attached hydrogens (tertiary/aromatic N) is 3. The van der Waals surface area contributed by atoms with E-state index in [1.54, 1.807) is 6.92 Å². The van der Waals surface area contributed by atoms with Crippen molar-refractivity contribution in [1.29, 1.82) is 0 Å². The largest absolute Gasteiger partial charge is 0.392 e. The molecular formula is C10H12N4O3. The number of nitrogens with one attached hydrogen (secondary N) is 1. The van der Waals surface area contributed by atoms with Gasteiger partial charge in [-0.2, -0.15) is 0 Å². The van der Waals surface area contributed by atoms with Crippen LogP contribution in [0.3, 0.4) is 0 Å². The molecule has 1 saturated heterocycles. The van der Waals surface area contributed by atoms with Crippen LogP contribution in [0.15, 0.2) is 12.4 Å². The fourth-order valence-electron chi connectivity index (χ4n) is 1.54. The lowest BCUT2D eigenvalue weighted by atomic mass is 10.2. The number of carbonyl (C=O) groups excluding carboxylic acids is 2. The maximum absolute atomic E-state index is 11.4. The highest BCUT2D eigenvalue weighted by Crippen LogP contribution is 2.13. The van der Waals surface area contributed by atoms with E-state index in [0.717, 1.165) is 0 Å². The molecule has 2 amide bonds. The molecule has 2 N–H and O–H groups in total. The van der Waals surface area contributed by atoms with E-state index in [-0.39, 0.29) is 25.0 Å². The maximum Gasteiger partial charge on any atom is 0.249 e. The van der Waals surface area contributed by atoms with Crippen LogP contribution in [0, 0.1) is 0 Å². The smallest absolute Gasteiger partial charge is 0.249 e. The number of hydrogen-bond donors (Lipinski definition) is 2. The second kappa shape index (κ2) is 4.46. The van der Waals surface area contributed by atoms with E-state index in [9.17, 15) is 9.59 Å². The maximum atomic E-state index is 11.4. The summed E-state index contributed by atoms with van der Waals surface area (Å²) in [6.45, 7) is 1.58. The molecule has 90 valence electrons. The number of amides is 2. The van der Waals surface area contributed by atoms with Crippen molar-refractivity contribution < 1.29 is 14.7 Å². The van der Waals surface area contributed by atoms with Gasteiger partial charge in [-0.3, -0.25) is 14.9 Å². The number of piperazine rings is 1. The van der Waals surface area contributed by atoms with E-state index < -0.39 is 6.04 Å². The van der Waals surface area contributed by atoms with Crippen molar-refractivity contribution in [2.24, 2.45) is 0 Å². The molecule has 0 aliphatic carbocycles. The number of aromatic nitrogens is 2. The summed E-state index contributed by atoms with van der Waals surface area (Å²) in [4.78, 5) is 32.2. The molecule has 1 unspecified atom stereocenters. The van der Waals surface area contributed by atoms with Crippen LogP contribution >= 0.6 is 0 Å². The van der Waals surface area contributed by atoms with Gasteiger partial charge >= 0.3 is 0 Å². The Hall–Kier alpha value is -2.02. The van der Waals surface area contributed by atoms with E-state index >= 15 is 0 Å². The molecule has 1 aliphatic heterocycles. The van der Waals surface area contributed by atoms with Gasteiger partial charge in [0.05, 0.1) is 6.61 Å². The van der Waals surface area contributed by atoms with Crippen molar-refractivity contribution in [1.82, 2.24) is 15.3 Å². The van der Waals surface area contributed by atoms with Gasteiger partial charge < -0.3 is 10.0 Å². The molecule has 2 heterocycles. The number of carbonyl (C=O) groups is 2. The lowest BCUT2D eigenvalue weighted by molar-refractivity contribution is -0.132. The predicted octanol–water partition coefficient (Wildman–Crippen LogP) is -1.18. The molecule has 1 aromatic heterocycles. The predicted molar refractivity (Wildman–Crippen MR) is 57.9 cm³/mol. The Labute approximate surface area is 97.5 Å². The van der Waals surface area contributed by atoms with Gasteiger partial charge in [-0.1, -0.05) is 0 Å². The van der Waals surface area contributed by atoms with Crippen LogP contribution in [0.25, 0.3) is 0 Å². The first-order chi connectivity index (χ1) is 8.11. The fourth-order valence-corrected chi connectivity index (χ4v) is 1.54. The highest BCUT2D eigenvalue weighted by molar-refractivity contribution is 6.04. The second-order valence-electron chi connectivity index (χ2n) is 3.77. The summed E-state index contributed by atoms with van der Waals surface area (Å²) >= 11 is 0. The lowest BCUT2D eigenvalue weighted by Gasteiger charge is -2.31. The Morgan fingerprint density at radius 3 is 2.71 bits per heavy atom. The first-order valence-electron chi connectivity index (χ1n) is 5.14. The normalized spacial score (nSPS) is 20.4. The van der Waals surface area contributed by atoms with Crippen molar-refractivity contribution in [3.05, 3.63) is 18.0 Å². The van der Waals surface area contributed by atoms with Gasteiger partial charge in [-0.25, -0.2) is 9.97 Å². The number of rotatable bonds is 2. The van der Waals surface area contributed by atoms with E-state index in [1.165, 1.54) is 17.3 Å². The Kier molecular flexibility index (Phi) is 3.01. The van der Waals surface area contributed by atoms with Gasteiger partial charge in [0.15, 0.2) is 0 Å². The van der Waals surface area contributed by atoms with Gasteiger partial charge in [0.1, 0.15) is 12.6 Å². The standard InChI is InChI=1S/C10H12N4O3/c1-6-9(17)13-8(16)4-14(6)10-11-2-7(5-15)3-12-10/h2-3,6,15H,4-5H2,1H3,(H,13,16,17). The molecule has 0 spiro atoms. The third-order valence-corrected chi connectivity index (χ3v) is 2.55. The van der Waals surface area contributed by atoms with Crippen LogP contribution in [0.1, 0.15) is 12.5 Å². The Balaban J connectivity index is 2.24. The van der Waals surface area contributed by atoms with E-state index in [2.05, 4.69) is 15.3 Å². The summed E-state index contributed by atoms with van der Waals surface area (Å²) in [6, 6.07) is -0.493. The molecule has 7 nitrogen and oxygen atoms in total. The van der Waals surface area contributed by atoms with Crippen LogP contribution in [0.5, 0.6) is 0 Å². The molecule has 1 atom stereocenters. The number of anilines is 1. The van der Waals surface area contributed by atoms with Crippen LogP contribution in [0.4, 0.5) is 5.95 Å². The minimum Gasteiger partial charge on any atom is -0.392 e. The summed E-state index contributed by atoms with van der Waals surface area (Å²) in [7, 11) is 0. The average molecular weight is 236 g/mol. The van der Waals surface area contributed by atoms with Gasteiger partial charge in [0, 0.05) is 18.0 Å². The highest BCUT2D eigenvalue weighted by atomic mass is 16.3. The van der Waals surface area contributed by atoms with Gasteiger partial charge in [0.2, 0.25) is 17.8 Å². The molecule has 1 aromatic rings. The minimum atomic E-state index is -0.493. The monoisotopic (exact) mass is 236 g/mol. The Bertz CT molecular complexity index is 445. The van der Waals surface area contributed by atoms with Crippen molar-refractivity contribution in [3.63, 3.8) is 0 Å². The summed E-state index contributed by atoms with van der Waals surface area (Å²) in [5.41, 5.74) is 0.578. The molecule has 17 heavy (non-hydrogen) atoms. The van der Waals surface area contributed by atoms with Crippen LogP contribution in [-0.2, 0) is 16.2 Å². The van der Waals surface area contributed by atoms with Crippen LogP contribution in [-0.4, -0.2) is 39.5 Å². The average Bonchev–Trinajstić information content (AvgIpc) is 2.34. The zero-order chi connectivity index (χ0) is 12.4. The summed E-state index contributed by atoms with van der Waals surface area (Å²) in [5, 5.41) is 11.1. The molecule has 0 radical (unpaired) electrons. The first-order valence-corrected chi connectivity index (χ1v) is 5.14. The third kappa shape index (κ3) is 2.23. The van der Waals surface area contributed by atoms with E-state index in [0.29, 0.717) is 11.5 Å². The molecule has 0 bridgehead atoms. The summed E-state index contributed by atoms with van der Waals surface area (Å²) in [5.74, 6) is -0.433. The molecule has 7 heteroatoms. The first kappa shape index (κ1) is 11.5. The second-order valence-corrected chi connectivity index (χ2v) is 3.77. The third-order valence-electron chi connectivity index (χ3n) is 2.55. The minimum absolute atomic E-state index is 0.0470. The SMILES string of the molecule is CC1C(=O)NC(=O)CN1c1ncc(CO)cn1. The van der Waals surface area contributed by atoms with E-state index in [4.69, 9.17) is 5.11 Å². The molecule has 0 saturated carbocycles. The summed E-state index contributed by atoms with van der Waals surface area (Å²) < 4.78 is 0. The van der Waals surface area contributed by atoms with Crippen molar-refractivity contribution in [2.45, 2.75) is 19.6 Å². The number of imide groups is 1. The van der Waals surface area contributed by atoms with Crippen LogP contribution < -0.4 is 10.2 Å². The lowest BCUT2D eigenvalue weighted by Crippen LogP contribution is -2.57. The van der Waals surface area contributed by atoms with Gasteiger partial charge in [0.25, 0.3) is 0 Å². The zero-order valence-corrected chi connectivity index (χ0v) is 9.25. The molecule has 0 aromatic carbocycles. The van der Waals surface area contributed by atoms with Crippen LogP contribution in [0.2, 0.25) is 0 Å². The zero-order valence-electron chi connectivity index (χ0n) is 9.25. The number of aliphatic hydroxyl groups excluding tert-OH is 1. The molecule has 1 fully saturated rings. The fraction of sp³-hybridized carbons (Fsp3) is 0.400. The number of aliphatic hydroxyl groups is 1. The quantitative estimate of drug-likeness (QED) is 0.627. The molecule has 2 rings (SSSR count). The topological polar surface area (TPSA) is 95.4 Å². The molecule has 1 aliphatic rings. The van der Waals surface area contributed by atoms with Crippen molar-refractivity contribution >= 4 is 17.8 Å². The molecular weight excluding hydrogens is 224 g/mol. The van der Waals surface area contributed by atoms with Gasteiger partial charge in [-0.15, -0.1) is 0 Å². The van der Waals surface area contributed by atoms with Crippen molar-refractivity contribution in [2.75, 3.05) is 11.4 Å². The van der Waals surface area contributed by atoms with Gasteiger partial charge in [-0.05, 0) is 6.92 Å². The summed E-state index contributed by atoms with van der Waals surface area (Å²) in [6.07, 6.45) is 2.93. The van der Waals surface area contributed by atoms with Crippen molar-refractivity contribution in [3.8, 4) is 0 Å². The number of hydrogen-bond acceptors (Lipinski definition) is 6. The Morgan fingerprint density at radius 1 is 1.47 bits per heavy atom.